The fraction of sp³-hybridized carbons (Fsp3) is 0.500. The van der Waals surface area contributed by atoms with Crippen molar-refractivity contribution in [1.29, 1.82) is 0 Å². The number of aliphatic hydroxyl groups excluding tert-OH is 1. The number of hydrogen-bond donors (Lipinski definition) is 4. The average Bonchev–Trinajstić information content (AvgIpc) is 3.75. The highest BCUT2D eigenvalue weighted by Crippen LogP contribution is 2.49. The van der Waals surface area contributed by atoms with Crippen molar-refractivity contribution in [2.45, 2.75) is 82.6 Å². The van der Waals surface area contributed by atoms with Gasteiger partial charge in [0.1, 0.15) is 35.7 Å². The number of ether oxygens (including phenoxy) is 3. The van der Waals surface area contributed by atoms with Crippen LogP contribution in [-0.2, 0) is 23.4 Å². The standard InChI is InChI=1S/C32H40IN6O9P/c1-17(2)23(28(41)46-19-12-6-7-13-19)38-49(43,48-21-15-9-11-18-10-5-8-14-20(18)21)45-16-22-25(40)32(3,42)29(47-22)39-26-24(35-30(39)33)27(44-4)37-31(34)36-26/h5,8-11,14-15,17,19,22-23,25,29,40,42H,6-7,12-13,16H2,1-4H3,(H,38,43)(H2,34,36,37)/t22-,23+,25-,29-,32-,49?/m1/s1. The van der Waals surface area contributed by atoms with Crippen molar-refractivity contribution in [2.24, 2.45) is 5.92 Å². The maximum atomic E-state index is 14.7. The highest BCUT2D eigenvalue weighted by Gasteiger charge is 2.55. The first-order chi connectivity index (χ1) is 23.3. The highest BCUT2D eigenvalue weighted by molar-refractivity contribution is 14.1. The van der Waals surface area contributed by atoms with Crippen LogP contribution < -0.4 is 20.1 Å². The number of nitrogens with one attached hydrogen (secondary N) is 1. The minimum Gasteiger partial charge on any atom is -0.479 e. The summed E-state index contributed by atoms with van der Waals surface area (Å²) >= 11 is 1.94. The molecule has 1 aliphatic carbocycles. The van der Waals surface area contributed by atoms with Gasteiger partial charge in [-0.25, -0.2) is 9.55 Å². The van der Waals surface area contributed by atoms with E-state index in [1.165, 1.54) is 18.6 Å². The van der Waals surface area contributed by atoms with Crippen molar-refractivity contribution in [2.75, 3.05) is 19.5 Å². The van der Waals surface area contributed by atoms with E-state index in [1.807, 2.05) is 52.9 Å². The smallest absolute Gasteiger partial charge is 0.459 e. The number of methoxy groups -OCH3 is 1. The zero-order valence-electron chi connectivity index (χ0n) is 27.5. The van der Waals surface area contributed by atoms with E-state index >= 15 is 0 Å². The molecule has 0 spiro atoms. The van der Waals surface area contributed by atoms with Crippen LogP contribution in [0.2, 0.25) is 0 Å². The molecule has 2 aliphatic rings. The quantitative estimate of drug-likeness (QED) is 0.0675. The number of benzene rings is 2. The number of fused-ring (bicyclic) bond motifs is 2. The minimum atomic E-state index is -4.42. The Morgan fingerprint density at radius 1 is 1.18 bits per heavy atom. The van der Waals surface area contributed by atoms with Crippen LogP contribution in [0.15, 0.2) is 42.5 Å². The van der Waals surface area contributed by atoms with Gasteiger partial charge in [-0.2, -0.15) is 15.1 Å². The van der Waals surface area contributed by atoms with Gasteiger partial charge in [0, 0.05) is 28.0 Å². The number of halogens is 1. The van der Waals surface area contributed by atoms with E-state index in [9.17, 15) is 19.6 Å². The monoisotopic (exact) mass is 810 g/mol. The van der Waals surface area contributed by atoms with Crippen LogP contribution in [0.1, 0.15) is 52.7 Å². The number of nitrogens with zero attached hydrogens (tertiary/aromatic N) is 4. The maximum Gasteiger partial charge on any atom is 0.459 e. The first kappa shape index (κ1) is 35.7. The minimum absolute atomic E-state index is 0.0938. The van der Waals surface area contributed by atoms with Gasteiger partial charge in [-0.3, -0.25) is 13.9 Å². The van der Waals surface area contributed by atoms with Gasteiger partial charge in [0.2, 0.25) is 11.8 Å². The summed E-state index contributed by atoms with van der Waals surface area (Å²) in [5.41, 5.74) is 4.49. The second-order valence-electron chi connectivity index (χ2n) is 12.8. The van der Waals surface area contributed by atoms with Gasteiger partial charge in [0.05, 0.1) is 13.7 Å². The fourth-order valence-corrected chi connectivity index (χ4v) is 8.60. The Morgan fingerprint density at radius 3 is 2.61 bits per heavy atom. The third-order valence-corrected chi connectivity index (χ3v) is 11.1. The molecule has 17 heteroatoms. The van der Waals surface area contributed by atoms with Crippen LogP contribution in [-0.4, -0.2) is 79.4 Å². The Morgan fingerprint density at radius 2 is 1.90 bits per heavy atom. The molecule has 1 aliphatic heterocycles. The van der Waals surface area contributed by atoms with Crippen molar-refractivity contribution < 1.29 is 42.8 Å². The van der Waals surface area contributed by atoms with Gasteiger partial charge in [0.15, 0.2) is 21.2 Å². The van der Waals surface area contributed by atoms with Crippen LogP contribution in [0.25, 0.3) is 21.9 Å². The van der Waals surface area contributed by atoms with E-state index < -0.39 is 50.4 Å². The Kier molecular flexibility index (Phi) is 10.4. The van der Waals surface area contributed by atoms with E-state index in [0.29, 0.717) is 9.22 Å². The number of nitrogens with two attached hydrogens (primary N) is 1. The molecule has 0 radical (unpaired) electrons. The van der Waals surface area contributed by atoms with Crippen molar-refractivity contribution in [1.82, 2.24) is 24.6 Å². The number of carbonyl (C=O) groups excluding carboxylic acids is 1. The summed E-state index contributed by atoms with van der Waals surface area (Å²) in [4.78, 5) is 26.2. The number of carbonyl (C=O) groups is 1. The molecule has 2 fully saturated rings. The largest absolute Gasteiger partial charge is 0.479 e. The molecule has 1 unspecified atom stereocenters. The van der Waals surface area contributed by atoms with Crippen molar-refractivity contribution >= 4 is 64.2 Å². The molecular weight excluding hydrogens is 770 g/mol. The summed E-state index contributed by atoms with van der Waals surface area (Å²) in [6.07, 6.45) is -0.715. The van der Waals surface area contributed by atoms with Gasteiger partial charge in [-0.05, 0) is 50.0 Å². The molecular formula is C32H40IN6O9P. The molecule has 1 saturated heterocycles. The van der Waals surface area contributed by atoms with Gasteiger partial charge < -0.3 is 34.7 Å². The fourth-order valence-electron chi connectivity index (χ4n) is 6.20. The van der Waals surface area contributed by atoms with Crippen LogP contribution in [0, 0.1) is 9.75 Å². The lowest BCUT2D eigenvalue weighted by atomic mass is 9.96. The van der Waals surface area contributed by atoms with Gasteiger partial charge in [-0.15, -0.1) is 0 Å². The van der Waals surface area contributed by atoms with E-state index in [1.54, 1.807) is 26.0 Å². The number of aliphatic hydroxyl groups is 2. The second-order valence-corrected chi connectivity index (χ2v) is 15.4. The number of hydrogen-bond acceptors (Lipinski definition) is 13. The van der Waals surface area contributed by atoms with Crippen LogP contribution in [0.4, 0.5) is 5.95 Å². The maximum absolute atomic E-state index is 14.7. The van der Waals surface area contributed by atoms with E-state index in [-0.39, 0.29) is 40.8 Å². The normalized spacial score (nSPS) is 24.8. The number of esters is 1. The molecule has 4 aromatic rings. The lowest BCUT2D eigenvalue weighted by Crippen LogP contribution is -2.45. The molecule has 0 amide bonds. The second kappa shape index (κ2) is 14.2. The molecule has 6 rings (SSSR count). The molecule has 2 aromatic heterocycles. The number of imidazole rings is 1. The van der Waals surface area contributed by atoms with E-state index in [2.05, 4.69) is 20.0 Å². The highest BCUT2D eigenvalue weighted by atomic mass is 127. The average molecular weight is 811 g/mol. The Bertz CT molecular complexity index is 1880. The van der Waals surface area contributed by atoms with Gasteiger partial charge in [-0.1, -0.05) is 50.2 Å². The van der Waals surface area contributed by atoms with E-state index in [0.717, 1.165) is 31.1 Å². The lowest BCUT2D eigenvalue weighted by molar-refractivity contribution is -0.152. The molecule has 5 N–H and O–H groups in total. The number of nitrogen functional groups attached to an aromatic ring is 1. The zero-order chi connectivity index (χ0) is 35.1. The first-order valence-corrected chi connectivity index (χ1v) is 18.6. The summed E-state index contributed by atoms with van der Waals surface area (Å²) in [6, 6.07) is 11.6. The van der Waals surface area contributed by atoms with Crippen LogP contribution >= 0.6 is 30.3 Å². The SMILES string of the molecule is COc1nc(N)nc2c1nc(I)n2[C@@H]1O[C@H](COP(=O)(N[C@H](C(=O)OC2CCCC2)C(C)C)Oc2cccc3ccccc23)[C@@H](O)[C@@]1(C)O. The van der Waals surface area contributed by atoms with Gasteiger partial charge >= 0.3 is 13.7 Å². The topological polar surface area (TPSA) is 202 Å². The third kappa shape index (κ3) is 7.22. The van der Waals surface area contributed by atoms with Crippen LogP contribution in [0.3, 0.4) is 0 Å². The molecule has 2 aromatic carbocycles. The number of anilines is 1. The van der Waals surface area contributed by atoms with Crippen molar-refractivity contribution in [3.05, 3.63) is 46.3 Å². The molecule has 3 heterocycles. The van der Waals surface area contributed by atoms with Crippen molar-refractivity contribution in [3.8, 4) is 11.6 Å². The molecule has 49 heavy (non-hydrogen) atoms. The molecule has 1 saturated carbocycles. The summed E-state index contributed by atoms with van der Waals surface area (Å²) in [7, 11) is -3.00. The third-order valence-electron chi connectivity index (χ3n) is 8.84. The van der Waals surface area contributed by atoms with Crippen LogP contribution in [0.5, 0.6) is 11.6 Å². The Labute approximate surface area is 296 Å². The predicted molar refractivity (Wildman–Crippen MR) is 188 cm³/mol. The summed E-state index contributed by atoms with van der Waals surface area (Å²) in [6.45, 7) is 4.48. The van der Waals surface area contributed by atoms with Crippen molar-refractivity contribution in [3.63, 3.8) is 0 Å². The molecule has 0 bridgehead atoms. The Hall–Kier alpha value is -3.12. The molecule has 6 atom stereocenters. The number of aromatic nitrogens is 4. The lowest BCUT2D eigenvalue weighted by Gasteiger charge is -2.29. The number of rotatable bonds is 12. The molecule has 15 nitrogen and oxygen atoms in total. The van der Waals surface area contributed by atoms with Gasteiger partial charge in [0.25, 0.3) is 0 Å². The van der Waals surface area contributed by atoms with E-state index in [4.69, 9.17) is 29.0 Å². The predicted octanol–water partition coefficient (Wildman–Crippen LogP) is 4.49. The molecule has 264 valence electrons. The zero-order valence-corrected chi connectivity index (χ0v) is 30.5. The summed E-state index contributed by atoms with van der Waals surface area (Å²) in [5.74, 6) is -0.636. The summed E-state index contributed by atoms with van der Waals surface area (Å²) in [5, 5.41) is 27.3. The Balaban J connectivity index is 1.30. The summed E-state index contributed by atoms with van der Waals surface area (Å²) < 4.78 is 46.0. The first-order valence-electron chi connectivity index (χ1n) is 16.0.